The van der Waals surface area contributed by atoms with Gasteiger partial charge < -0.3 is 15.0 Å². The number of nitrogens with one attached hydrogen (secondary N) is 2. The van der Waals surface area contributed by atoms with Crippen molar-refractivity contribution in [1.82, 2.24) is 25.0 Å². The summed E-state index contributed by atoms with van der Waals surface area (Å²) in [5.41, 5.74) is 1.51. The van der Waals surface area contributed by atoms with Crippen LogP contribution in [0.25, 0.3) is 10.9 Å². The van der Waals surface area contributed by atoms with Crippen molar-refractivity contribution in [3.8, 4) is 0 Å². The highest BCUT2D eigenvalue weighted by molar-refractivity contribution is 5.78. The molecule has 0 unspecified atom stereocenters. The topological polar surface area (TPSA) is 63.8 Å². The quantitative estimate of drug-likeness (QED) is 0.389. The molecule has 0 bridgehead atoms. The Hall–Kier alpha value is -2.76. The number of nitrogens with zero attached hydrogens (tertiary/aromatic N) is 3. The summed E-state index contributed by atoms with van der Waals surface area (Å²) in [6.45, 7) is 5.35. The Labute approximate surface area is 245 Å². The summed E-state index contributed by atoms with van der Waals surface area (Å²) in [7, 11) is 1.90. The Kier molecular flexibility index (Phi) is 10.7. The van der Waals surface area contributed by atoms with E-state index in [2.05, 4.69) is 25.0 Å². The number of aromatic amines is 1. The zero-order valence-electron chi connectivity index (χ0n) is 24.4. The van der Waals surface area contributed by atoms with Gasteiger partial charge in [-0.05, 0) is 75.7 Å². The van der Waals surface area contributed by atoms with Gasteiger partial charge in [-0.2, -0.15) is 0 Å². The van der Waals surface area contributed by atoms with Gasteiger partial charge in [0.25, 0.3) is 0 Å². The van der Waals surface area contributed by atoms with Crippen LogP contribution in [-0.2, 0) is 11.3 Å². The van der Waals surface area contributed by atoms with Crippen LogP contribution in [0.5, 0.6) is 0 Å². The van der Waals surface area contributed by atoms with Gasteiger partial charge in [0.05, 0.1) is 0 Å². The summed E-state index contributed by atoms with van der Waals surface area (Å²) in [5.74, 6) is -1.25. The molecule has 3 aromatic rings. The Morgan fingerprint density at radius 1 is 0.905 bits per heavy atom. The van der Waals surface area contributed by atoms with Crippen LogP contribution < -0.4 is 10.7 Å². The van der Waals surface area contributed by atoms with E-state index >= 15 is 0 Å². The van der Waals surface area contributed by atoms with Crippen molar-refractivity contribution < 1.29 is 17.9 Å². The number of halogens is 3. The lowest BCUT2D eigenvalue weighted by molar-refractivity contribution is -0.0593. The van der Waals surface area contributed by atoms with Crippen LogP contribution in [0, 0.1) is 17.5 Å². The molecule has 5 rings (SSSR count). The molecule has 2 aliphatic heterocycles. The highest BCUT2D eigenvalue weighted by Crippen LogP contribution is 2.33. The van der Waals surface area contributed by atoms with Crippen LogP contribution in [0.15, 0.2) is 47.4 Å². The molecule has 1 aromatic heterocycles. The van der Waals surface area contributed by atoms with Gasteiger partial charge in [-0.25, -0.2) is 13.2 Å². The summed E-state index contributed by atoms with van der Waals surface area (Å²) in [4.78, 5) is 22.9. The minimum atomic E-state index is -0.436. The van der Waals surface area contributed by atoms with E-state index in [1.54, 1.807) is 12.3 Å². The second kappa shape index (κ2) is 14.6. The van der Waals surface area contributed by atoms with Gasteiger partial charge in [0, 0.05) is 73.0 Å². The molecule has 2 atom stereocenters. The van der Waals surface area contributed by atoms with Gasteiger partial charge in [0.15, 0.2) is 5.43 Å². The lowest BCUT2D eigenvalue weighted by Gasteiger charge is -2.40. The molecule has 228 valence electrons. The number of pyridine rings is 1. The first kappa shape index (κ1) is 30.7. The first-order chi connectivity index (χ1) is 20.4. The predicted molar refractivity (Wildman–Crippen MR) is 159 cm³/mol. The van der Waals surface area contributed by atoms with Crippen molar-refractivity contribution in [1.29, 1.82) is 0 Å². The number of ether oxygens (including phenoxy) is 1. The SMILES string of the molecule is CN[C@@H]1CCN(COCN2CCCCCCN(Cc3c[nH]c4ccc(F)cc4c3=O)CC2)[C@H](c2cc(F)ccc2F)C1. The molecule has 0 aliphatic carbocycles. The maximum absolute atomic E-state index is 14.7. The molecule has 2 N–H and O–H groups in total. The molecule has 2 aromatic carbocycles. The molecule has 2 fully saturated rings. The molecule has 2 aliphatic rings. The Bertz CT molecular complexity index is 1390. The van der Waals surface area contributed by atoms with Crippen molar-refractivity contribution in [2.75, 3.05) is 53.2 Å². The van der Waals surface area contributed by atoms with Crippen molar-refractivity contribution in [2.45, 2.75) is 57.2 Å². The number of benzene rings is 2. The van der Waals surface area contributed by atoms with E-state index in [-0.39, 0.29) is 17.5 Å². The Morgan fingerprint density at radius 3 is 2.45 bits per heavy atom. The van der Waals surface area contributed by atoms with Gasteiger partial charge in [0.2, 0.25) is 0 Å². The van der Waals surface area contributed by atoms with Crippen LogP contribution in [0.3, 0.4) is 0 Å². The summed E-state index contributed by atoms with van der Waals surface area (Å²) in [6.07, 6.45) is 7.73. The maximum Gasteiger partial charge on any atom is 0.193 e. The zero-order valence-corrected chi connectivity index (χ0v) is 24.4. The average Bonchev–Trinajstić information content (AvgIpc) is 3.00. The second-order valence-corrected chi connectivity index (χ2v) is 11.6. The van der Waals surface area contributed by atoms with E-state index in [1.165, 1.54) is 24.3 Å². The molecular weight excluding hydrogens is 543 g/mol. The van der Waals surface area contributed by atoms with Gasteiger partial charge in [-0.15, -0.1) is 0 Å². The molecule has 0 amide bonds. The van der Waals surface area contributed by atoms with Gasteiger partial charge in [-0.3, -0.25) is 19.5 Å². The zero-order chi connectivity index (χ0) is 29.5. The number of H-pyrrole nitrogens is 1. The highest BCUT2D eigenvalue weighted by atomic mass is 19.1. The van der Waals surface area contributed by atoms with E-state index in [4.69, 9.17) is 4.74 Å². The normalized spacial score (nSPS) is 22.0. The second-order valence-electron chi connectivity index (χ2n) is 11.6. The van der Waals surface area contributed by atoms with Gasteiger partial charge in [0.1, 0.15) is 30.9 Å². The lowest BCUT2D eigenvalue weighted by atomic mass is 9.92. The number of fused-ring (bicyclic) bond motifs is 1. The van der Waals surface area contributed by atoms with E-state index in [0.29, 0.717) is 48.5 Å². The fourth-order valence-corrected chi connectivity index (χ4v) is 6.22. The summed E-state index contributed by atoms with van der Waals surface area (Å²) < 4.78 is 48.8. The maximum atomic E-state index is 14.7. The van der Waals surface area contributed by atoms with Crippen LogP contribution in [-0.4, -0.2) is 79.0 Å². The molecule has 0 spiro atoms. The third kappa shape index (κ3) is 7.79. The number of rotatable bonds is 8. The van der Waals surface area contributed by atoms with Gasteiger partial charge >= 0.3 is 0 Å². The number of hydrogen-bond donors (Lipinski definition) is 2. The molecule has 7 nitrogen and oxygen atoms in total. The highest BCUT2D eigenvalue weighted by Gasteiger charge is 2.31. The smallest absolute Gasteiger partial charge is 0.193 e. The lowest BCUT2D eigenvalue weighted by Crippen LogP contribution is -2.45. The molecular formula is C32H42F3N5O2. The largest absolute Gasteiger partial charge is 0.361 e. The fraction of sp³-hybridized carbons (Fsp3) is 0.531. The van der Waals surface area contributed by atoms with E-state index in [0.717, 1.165) is 70.9 Å². The fourth-order valence-electron chi connectivity index (χ4n) is 6.22. The number of aromatic nitrogens is 1. The molecule has 10 heteroatoms. The summed E-state index contributed by atoms with van der Waals surface area (Å²) in [5, 5.41) is 3.67. The minimum Gasteiger partial charge on any atom is -0.361 e. The van der Waals surface area contributed by atoms with Crippen LogP contribution in [0.2, 0.25) is 0 Å². The first-order valence-corrected chi connectivity index (χ1v) is 15.1. The van der Waals surface area contributed by atoms with E-state index in [1.807, 2.05) is 7.05 Å². The molecule has 42 heavy (non-hydrogen) atoms. The standard InChI is InChI=1S/C32H42F3N5O2/c1-36-26-10-13-40(31(18-26)27-16-24(33)6-8-29(27)35)22-42-21-39-12-5-3-2-4-11-38(14-15-39)20-23-19-37-30-9-7-25(34)17-28(30)32(23)41/h6-9,16-17,19,26,31,36H,2-5,10-15,18,20-22H2,1H3,(H,37,41)/t26-,31+/m1/s1. The monoisotopic (exact) mass is 585 g/mol. The average molecular weight is 586 g/mol. The molecule has 0 radical (unpaired) electrons. The van der Waals surface area contributed by atoms with Crippen molar-refractivity contribution >= 4 is 10.9 Å². The van der Waals surface area contributed by atoms with Crippen molar-refractivity contribution in [2.24, 2.45) is 0 Å². The third-order valence-corrected chi connectivity index (χ3v) is 8.71. The number of hydrogen-bond acceptors (Lipinski definition) is 6. The van der Waals surface area contributed by atoms with Crippen LogP contribution >= 0.6 is 0 Å². The van der Waals surface area contributed by atoms with Crippen LogP contribution in [0.4, 0.5) is 13.2 Å². The van der Waals surface area contributed by atoms with Crippen molar-refractivity contribution in [3.63, 3.8) is 0 Å². The minimum absolute atomic E-state index is 0.133. The summed E-state index contributed by atoms with van der Waals surface area (Å²) in [6, 6.07) is 7.87. The van der Waals surface area contributed by atoms with E-state index < -0.39 is 17.5 Å². The first-order valence-electron chi connectivity index (χ1n) is 15.1. The van der Waals surface area contributed by atoms with Crippen molar-refractivity contribution in [3.05, 3.63) is 81.4 Å². The third-order valence-electron chi connectivity index (χ3n) is 8.71. The van der Waals surface area contributed by atoms with E-state index in [9.17, 15) is 18.0 Å². The number of likely N-dealkylation sites (tertiary alicyclic amines) is 1. The van der Waals surface area contributed by atoms with Gasteiger partial charge in [-0.1, -0.05) is 12.8 Å². The predicted octanol–water partition coefficient (Wildman–Crippen LogP) is 4.98. The Morgan fingerprint density at radius 2 is 1.64 bits per heavy atom. The Balaban J connectivity index is 1.20. The van der Waals surface area contributed by atoms with Crippen LogP contribution in [0.1, 0.15) is 55.7 Å². The summed E-state index contributed by atoms with van der Waals surface area (Å²) >= 11 is 0. The molecule has 3 heterocycles. The molecule has 2 saturated heterocycles. The molecule has 0 saturated carbocycles. The number of piperidine rings is 1.